The maximum absolute atomic E-state index is 15.4. The molecule has 1 saturated carbocycles. The zero-order chi connectivity index (χ0) is 20.3. The van der Waals surface area contributed by atoms with Crippen molar-refractivity contribution in [1.29, 1.82) is 0 Å². The highest BCUT2D eigenvalue weighted by Gasteiger charge is 2.37. The summed E-state index contributed by atoms with van der Waals surface area (Å²) < 4.78 is 22.5. The predicted octanol–water partition coefficient (Wildman–Crippen LogP) is 2.89. The van der Waals surface area contributed by atoms with E-state index in [9.17, 15) is 9.59 Å². The van der Waals surface area contributed by atoms with Crippen molar-refractivity contribution in [2.45, 2.75) is 63.6 Å². The van der Waals surface area contributed by atoms with Crippen LogP contribution in [-0.2, 0) is 11.2 Å². The van der Waals surface area contributed by atoms with E-state index >= 15 is 4.39 Å². The van der Waals surface area contributed by atoms with Gasteiger partial charge in [0.25, 0.3) is 0 Å². The van der Waals surface area contributed by atoms with Crippen LogP contribution in [0.4, 0.5) is 10.1 Å². The van der Waals surface area contributed by atoms with Crippen LogP contribution in [0.5, 0.6) is 0 Å². The highest BCUT2D eigenvalue weighted by molar-refractivity contribution is 5.96. The van der Waals surface area contributed by atoms with Crippen molar-refractivity contribution in [2.24, 2.45) is 5.73 Å². The molecule has 1 saturated heterocycles. The molecular weight excluding hydrogens is 373 g/mol. The second-order valence-electron chi connectivity index (χ2n) is 8.51. The average molecular weight is 399 g/mol. The van der Waals surface area contributed by atoms with Crippen LogP contribution in [0.3, 0.4) is 0 Å². The number of fused-ring (bicyclic) bond motifs is 5. The summed E-state index contributed by atoms with van der Waals surface area (Å²) in [5.74, 6) is -1.04. The molecule has 2 aromatic rings. The molecule has 0 unspecified atom stereocenters. The van der Waals surface area contributed by atoms with E-state index in [-0.39, 0.29) is 35.7 Å². The first kappa shape index (κ1) is 18.6. The molecular formula is C22H26FN3O3. The Morgan fingerprint density at radius 1 is 1.31 bits per heavy atom. The maximum Gasteiger partial charge on any atom is 0.343 e. The summed E-state index contributed by atoms with van der Waals surface area (Å²) in [5.41, 5.74) is 7.99. The minimum Gasteiger partial charge on any atom is -0.462 e. The number of rotatable bonds is 3. The van der Waals surface area contributed by atoms with E-state index in [1.807, 2.05) is 4.57 Å². The van der Waals surface area contributed by atoms with Gasteiger partial charge in [0, 0.05) is 41.8 Å². The zero-order valence-corrected chi connectivity index (χ0v) is 16.6. The van der Waals surface area contributed by atoms with Gasteiger partial charge in [0.15, 0.2) is 0 Å². The minimum absolute atomic E-state index is 0.0136. The predicted molar refractivity (Wildman–Crippen MR) is 109 cm³/mol. The van der Waals surface area contributed by atoms with Crippen LogP contribution in [0.15, 0.2) is 17.1 Å². The van der Waals surface area contributed by atoms with Gasteiger partial charge in [0.05, 0.1) is 17.8 Å². The number of hydrogen-bond acceptors (Lipinski definition) is 5. The SMILES string of the molecule is CCOC(=O)c1cn(C2CC2)c2c3c(c(F)cc2c1=O)N1C[C@@H](N)C[C@H]1CCC3. The first-order chi connectivity index (χ1) is 14.0. The fourth-order valence-corrected chi connectivity index (χ4v) is 5.11. The lowest BCUT2D eigenvalue weighted by Crippen LogP contribution is -2.31. The fraction of sp³-hybridized carbons (Fsp3) is 0.545. The largest absolute Gasteiger partial charge is 0.462 e. The van der Waals surface area contributed by atoms with Gasteiger partial charge in [-0.25, -0.2) is 9.18 Å². The molecule has 1 aliphatic carbocycles. The van der Waals surface area contributed by atoms with Crippen molar-refractivity contribution in [3.05, 3.63) is 39.4 Å². The number of carbonyl (C=O) groups is 1. The normalized spacial score (nSPS) is 23.6. The summed E-state index contributed by atoms with van der Waals surface area (Å²) in [6.45, 7) is 2.53. The molecule has 3 heterocycles. The Morgan fingerprint density at radius 3 is 2.83 bits per heavy atom. The molecule has 0 amide bonds. The highest BCUT2D eigenvalue weighted by atomic mass is 19.1. The molecule has 2 N–H and O–H groups in total. The fourth-order valence-electron chi connectivity index (χ4n) is 5.11. The van der Waals surface area contributed by atoms with E-state index < -0.39 is 17.2 Å². The third kappa shape index (κ3) is 2.94. The lowest BCUT2D eigenvalue weighted by molar-refractivity contribution is 0.0524. The van der Waals surface area contributed by atoms with Gasteiger partial charge in [0.2, 0.25) is 5.43 Å². The molecule has 154 valence electrons. The summed E-state index contributed by atoms with van der Waals surface area (Å²) in [5, 5.41) is 0.278. The third-order valence-corrected chi connectivity index (χ3v) is 6.47. The lowest BCUT2D eigenvalue weighted by Gasteiger charge is -2.27. The van der Waals surface area contributed by atoms with Gasteiger partial charge >= 0.3 is 5.97 Å². The average Bonchev–Trinajstić information content (AvgIpc) is 3.47. The van der Waals surface area contributed by atoms with Gasteiger partial charge in [0.1, 0.15) is 11.4 Å². The van der Waals surface area contributed by atoms with Gasteiger partial charge in [-0.15, -0.1) is 0 Å². The summed E-state index contributed by atoms with van der Waals surface area (Å²) in [6.07, 6.45) is 7.10. The van der Waals surface area contributed by atoms with E-state index in [1.54, 1.807) is 13.1 Å². The summed E-state index contributed by atoms with van der Waals surface area (Å²) in [4.78, 5) is 27.6. The van der Waals surface area contributed by atoms with Crippen LogP contribution in [0.1, 0.15) is 61.0 Å². The van der Waals surface area contributed by atoms with Crippen molar-refractivity contribution < 1.29 is 13.9 Å². The Kier molecular flexibility index (Phi) is 4.38. The molecule has 1 aromatic heterocycles. The van der Waals surface area contributed by atoms with E-state index in [1.165, 1.54) is 6.07 Å². The quantitative estimate of drug-likeness (QED) is 0.803. The molecule has 0 spiro atoms. The highest BCUT2D eigenvalue weighted by Crippen LogP contribution is 2.43. The van der Waals surface area contributed by atoms with E-state index in [4.69, 9.17) is 10.5 Å². The molecule has 7 heteroatoms. The van der Waals surface area contributed by atoms with Crippen LogP contribution in [0.2, 0.25) is 0 Å². The number of halogens is 1. The summed E-state index contributed by atoms with van der Waals surface area (Å²) >= 11 is 0. The van der Waals surface area contributed by atoms with Gasteiger partial charge in [-0.2, -0.15) is 0 Å². The molecule has 29 heavy (non-hydrogen) atoms. The first-order valence-corrected chi connectivity index (χ1v) is 10.6. The minimum atomic E-state index is -0.644. The van der Waals surface area contributed by atoms with E-state index in [0.717, 1.165) is 49.6 Å². The zero-order valence-electron chi connectivity index (χ0n) is 16.6. The number of esters is 1. The first-order valence-electron chi connectivity index (χ1n) is 10.6. The number of pyridine rings is 1. The number of ether oxygens (including phenoxy) is 1. The molecule has 2 aliphatic heterocycles. The third-order valence-electron chi connectivity index (χ3n) is 6.47. The number of aromatic nitrogens is 1. The Balaban J connectivity index is 1.80. The van der Waals surface area contributed by atoms with Crippen LogP contribution < -0.4 is 16.1 Å². The Hall–Kier alpha value is -2.41. The number of hydrogen-bond donors (Lipinski definition) is 1. The topological polar surface area (TPSA) is 77.6 Å². The number of benzene rings is 1. The van der Waals surface area contributed by atoms with Crippen molar-refractivity contribution in [3.8, 4) is 0 Å². The van der Waals surface area contributed by atoms with E-state index in [2.05, 4.69) is 4.90 Å². The molecule has 6 nitrogen and oxygen atoms in total. The van der Waals surface area contributed by atoms with Crippen LogP contribution in [0, 0.1) is 5.82 Å². The van der Waals surface area contributed by atoms with Gasteiger partial charge in [-0.05, 0) is 51.5 Å². The summed E-state index contributed by atoms with van der Waals surface area (Å²) in [7, 11) is 0. The molecule has 0 radical (unpaired) electrons. The number of nitrogens with zero attached hydrogens (tertiary/aromatic N) is 2. The van der Waals surface area contributed by atoms with Gasteiger partial charge in [-0.3, -0.25) is 4.79 Å². The summed E-state index contributed by atoms with van der Waals surface area (Å²) in [6, 6.07) is 1.85. The number of anilines is 1. The van der Waals surface area contributed by atoms with Crippen LogP contribution in [0.25, 0.3) is 10.9 Å². The number of carbonyl (C=O) groups excluding carboxylic acids is 1. The van der Waals surface area contributed by atoms with Gasteiger partial charge < -0.3 is 19.9 Å². The monoisotopic (exact) mass is 399 g/mol. The van der Waals surface area contributed by atoms with Crippen molar-refractivity contribution in [1.82, 2.24) is 4.57 Å². The number of aryl methyl sites for hydroxylation is 1. The molecule has 5 rings (SSSR count). The van der Waals surface area contributed by atoms with Crippen molar-refractivity contribution >= 4 is 22.6 Å². The Bertz CT molecular complexity index is 1060. The second-order valence-corrected chi connectivity index (χ2v) is 8.51. The number of nitrogens with two attached hydrogens (primary N) is 1. The molecule has 0 bridgehead atoms. The molecule has 2 fully saturated rings. The lowest BCUT2D eigenvalue weighted by atomic mass is 9.99. The van der Waals surface area contributed by atoms with Crippen molar-refractivity contribution in [3.63, 3.8) is 0 Å². The maximum atomic E-state index is 15.4. The molecule has 1 aromatic carbocycles. The molecule has 2 atom stereocenters. The van der Waals surface area contributed by atoms with E-state index in [0.29, 0.717) is 12.2 Å². The van der Waals surface area contributed by atoms with Gasteiger partial charge in [-0.1, -0.05) is 0 Å². The second kappa shape index (κ2) is 6.83. The standard InChI is InChI=1S/C22H26FN3O3/c1-2-29-22(28)17-11-26(13-6-7-13)19-15-5-3-4-14-8-12(24)10-25(14)20(15)18(23)9-16(19)21(17)27/h9,11-14H,2-8,10,24H2,1H3/t12-,14+/m0/s1. The van der Waals surface area contributed by atoms with Crippen LogP contribution in [-0.4, -0.2) is 35.8 Å². The Labute approximate surface area is 168 Å². The Morgan fingerprint density at radius 2 is 2.10 bits per heavy atom. The smallest absolute Gasteiger partial charge is 0.343 e. The molecule has 3 aliphatic rings. The van der Waals surface area contributed by atoms with Crippen LogP contribution >= 0.6 is 0 Å². The van der Waals surface area contributed by atoms with Crippen molar-refractivity contribution in [2.75, 3.05) is 18.1 Å².